The number of rotatable bonds is 6. The van der Waals surface area contributed by atoms with Gasteiger partial charge in [0.15, 0.2) is 0 Å². The molecule has 8 heteroatoms. The number of halogens is 3. The SMILES string of the molecule is O=C(CN1CCN(c2ccccc2Cl)CC1)Nc1ccc(SC(F)F)cc1. The Balaban J connectivity index is 1.46. The van der Waals surface area contributed by atoms with Gasteiger partial charge in [-0.25, -0.2) is 0 Å². The summed E-state index contributed by atoms with van der Waals surface area (Å²) in [4.78, 5) is 17.0. The maximum absolute atomic E-state index is 12.3. The molecule has 0 bridgehead atoms. The van der Waals surface area contributed by atoms with Crippen LogP contribution in [0.5, 0.6) is 0 Å². The van der Waals surface area contributed by atoms with E-state index >= 15 is 0 Å². The van der Waals surface area contributed by atoms with Gasteiger partial charge < -0.3 is 10.2 Å². The lowest BCUT2D eigenvalue weighted by Gasteiger charge is -2.36. The van der Waals surface area contributed by atoms with E-state index in [2.05, 4.69) is 15.1 Å². The van der Waals surface area contributed by atoms with E-state index in [-0.39, 0.29) is 5.91 Å². The summed E-state index contributed by atoms with van der Waals surface area (Å²) < 4.78 is 24.7. The third-order valence-electron chi connectivity index (χ3n) is 4.30. The van der Waals surface area contributed by atoms with Crippen molar-refractivity contribution in [1.82, 2.24) is 4.90 Å². The number of piperazine rings is 1. The number of thioether (sulfide) groups is 1. The predicted molar refractivity (Wildman–Crippen MR) is 107 cm³/mol. The summed E-state index contributed by atoms with van der Waals surface area (Å²) in [5.41, 5.74) is 1.62. The normalized spacial score (nSPS) is 15.2. The molecular weight excluding hydrogens is 392 g/mol. The molecule has 2 aromatic carbocycles. The highest BCUT2D eigenvalue weighted by atomic mass is 35.5. The van der Waals surface area contributed by atoms with Gasteiger partial charge in [0, 0.05) is 36.8 Å². The second-order valence-corrected chi connectivity index (χ2v) is 7.64. The van der Waals surface area contributed by atoms with Crippen molar-refractivity contribution in [2.45, 2.75) is 10.7 Å². The fourth-order valence-corrected chi connectivity index (χ4v) is 3.73. The van der Waals surface area contributed by atoms with Gasteiger partial charge in [0.05, 0.1) is 17.3 Å². The number of para-hydroxylation sites is 1. The Bertz CT molecular complexity index is 768. The van der Waals surface area contributed by atoms with E-state index in [0.717, 1.165) is 36.9 Å². The summed E-state index contributed by atoms with van der Waals surface area (Å²) in [6, 6.07) is 14.2. The Morgan fingerprint density at radius 1 is 1.07 bits per heavy atom. The lowest BCUT2D eigenvalue weighted by atomic mass is 10.2. The van der Waals surface area contributed by atoms with E-state index in [1.165, 1.54) is 0 Å². The number of carbonyl (C=O) groups is 1. The Hall–Kier alpha value is -1.83. The minimum atomic E-state index is -2.45. The van der Waals surface area contributed by atoms with Crippen LogP contribution in [0.3, 0.4) is 0 Å². The number of alkyl halides is 2. The van der Waals surface area contributed by atoms with Crippen LogP contribution in [0.15, 0.2) is 53.4 Å². The molecule has 1 aliphatic rings. The average molecular weight is 412 g/mol. The first-order valence-electron chi connectivity index (χ1n) is 8.58. The number of nitrogens with zero attached hydrogens (tertiary/aromatic N) is 2. The Kier molecular flexibility index (Phi) is 6.93. The number of amides is 1. The second kappa shape index (κ2) is 9.39. The summed E-state index contributed by atoms with van der Waals surface area (Å²) >= 11 is 6.73. The molecule has 1 fully saturated rings. The molecule has 0 unspecified atom stereocenters. The Morgan fingerprint density at radius 2 is 1.74 bits per heavy atom. The van der Waals surface area contributed by atoms with Gasteiger partial charge in [0.25, 0.3) is 5.76 Å². The van der Waals surface area contributed by atoms with E-state index in [1.54, 1.807) is 24.3 Å². The lowest BCUT2D eigenvalue weighted by Crippen LogP contribution is -2.48. The fourth-order valence-electron chi connectivity index (χ4n) is 2.98. The van der Waals surface area contributed by atoms with Gasteiger partial charge >= 0.3 is 0 Å². The summed E-state index contributed by atoms with van der Waals surface area (Å²) in [5, 5.41) is 3.54. The van der Waals surface area contributed by atoms with Crippen molar-refractivity contribution < 1.29 is 13.6 Å². The van der Waals surface area contributed by atoms with Gasteiger partial charge in [0.2, 0.25) is 5.91 Å². The number of carbonyl (C=O) groups excluding carboxylic acids is 1. The maximum atomic E-state index is 12.3. The Labute approximate surface area is 166 Å². The number of benzene rings is 2. The van der Waals surface area contributed by atoms with E-state index in [9.17, 15) is 13.6 Å². The first kappa shape index (κ1) is 19.9. The molecule has 1 aliphatic heterocycles. The molecule has 1 N–H and O–H groups in total. The Morgan fingerprint density at radius 3 is 2.37 bits per heavy atom. The highest BCUT2D eigenvalue weighted by Gasteiger charge is 2.20. The van der Waals surface area contributed by atoms with Crippen molar-refractivity contribution in [1.29, 1.82) is 0 Å². The molecule has 0 spiro atoms. The molecule has 0 aliphatic carbocycles. The predicted octanol–water partition coefficient (Wildman–Crippen LogP) is 4.42. The highest BCUT2D eigenvalue weighted by molar-refractivity contribution is 7.99. The van der Waals surface area contributed by atoms with Crippen molar-refractivity contribution in [2.75, 3.05) is 42.9 Å². The molecule has 27 heavy (non-hydrogen) atoms. The van der Waals surface area contributed by atoms with Gasteiger partial charge in [0.1, 0.15) is 0 Å². The van der Waals surface area contributed by atoms with Crippen molar-refractivity contribution in [2.24, 2.45) is 0 Å². The standard InChI is InChI=1S/C19H20ClF2N3OS/c20-16-3-1-2-4-17(16)25-11-9-24(10-12-25)13-18(26)23-14-5-7-15(8-6-14)27-19(21)22/h1-8,19H,9-13H2,(H,23,26). The molecule has 2 aromatic rings. The van der Waals surface area contributed by atoms with Crippen molar-refractivity contribution >= 4 is 40.6 Å². The monoisotopic (exact) mass is 411 g/mol. The summed E-state index contributed by atoms with van der Waals surface area (Å²) in [6.07, 6.45) is 0. The van der Waals surface area contributed by atoms with Crippen LogP contribution in [-0.4, -0.2) is 49.3 Å². The van der Waals surface area contributed by atoms with E-state index < -0.39 is 5.76 Å². The number of nitrogens with one attached hydrogen (secondary N) is 1. The molecule has 3 rings (SSSR count). The molecule has 1 heterocycles. The van der Waals surface area contributed by atoms with E-state index in [1.807, 2.05) is 24.3 Å². The highest BCUT2D eigenvalue weighted by Crippen LogP contribution is 2.27. The van der Waals surface area contributed by atoms with E-state index in [4.69, 9.17) is 11.6 Å². The summed E-state index contributed by atoms with van der Waals surface area (Å²) in [5.74, 6) is -2.56. The first-order valence-corrected chi connectivity index (χ1v) is 9.83. The molecule has 1 saturated heterocycles. The van der Waals surface area contributed by atoms with Gasteiger partial charge in [-0.2, -0.15) is 8.78 Å². The van der Waals surface area contributed by atoms with Crippen LogP contribution < -0.4 is 10.2 Å². The molecule has 0 atom stereocenters. The van der Waals surface area contributed by atoms with E-state index in [0.29, 0.717) is 28.9 Å². The number of hydrogen-bond donors (Lipinski definition) is 1. The fraction of sp³-hybridized carbons (Fsp3) is 0.316. The van der Waals surface area contributed by atoms with Gasteiger partial charge in [-0.3, -0.25) is 9.69 Å². The number of anilines is 2. The molecule has 1 amide bonds. The van der Waals surface area contributed by atoms with Gasteiger partial charge in [-0.05, 0) is 36.4 Å². The first-order chi connectivity index (χ1) is 13.0. The summed E-state index contributed by atoms with van der Waals surface area (Å²) in [7, 11) is 0. The maximum Gasteiger partial charge on any atom is 0.288 e. The van der Waals surface area contributed by atoms with Crippen LogP contribution in [0.4, 0.5) is 20.2 Å². The quantitative estimate of drug-likeness (QED) is 0.714. The summed E-state index contributed by atoms with van der Waals surface area (Å²) in [6.45, 7) is 3.43. The average Bonchev–Trinajstić information content (AvgIpc) is 2.64. The molecule has 0 radical (unpaired) electrons. The van der Waals surface area contributed by atoms with Crippen molar-refractivity contribution in [3.8, 4) is 0 Å². The molecule has 0 saturated carbocycles. The van der Waals surface area contributed by atoms with Gasteiger partial charge in [-0.15, -0.1) is 0 Å². The number of hydrogen-bond acceptors (Lipinski definition) is 4. The molecule has 144 valence electrons. The minimum absolute atomic E-state index is 0.115. The lowest BCUT2D eigenvalue weighted by molar-refractivity contribution is -0.117. The van der Waals surface area contributed by atoms with Crippen molar-refractivity contribution in [3.63, 3.8) is 0 Å². The van der Waals surface area contributed by atoms with Crippen LogP contribution in [0.1, 0.15) is 0 Å². The zero-order valence-electron chi connectivity index (χ0n) is 14.6. The molecule has 4 nitrogen and oxygen atoms in total. The van der Waals surface area contributed by atoms with Crippen LogP contribution >= 0.6 is 23.4 Å². The minimum Gasteiger partial charge on any atom is -0.368 e. The third-order valence-corrected chi connectivity index (χ3v) is 5.34. The third kappa shape index (κ3) is 5.82. The van der Waals surface area contributed by atoms with Gasteiger partial charge in [-0.1, -0.05) is 35.5 Å². The van der Waals surface area contributed by atoms with Crippen molar-refractivity contribution in [3.05, 3.63) is 53.6 Å². The zero-order chi connectivity index (χ0) is 19.2. The van der Waals surface area contributed by atoms with Crippen LogP contribution in [-0.2, 0) is 4.79 Å². The largest absolute Gasteiger partial charge is 0.368 e. The van der Waals surface area contributed by atoms with Crippen LogP contribution in [0.2, 0.25) is 5.02 Å². The van der Waals surface area contributed by atoms with Crippen LogP contribution in [0.25, 0.3) is 0 Å². The molecule has 0 aromatic heterocycles. The zero-order valence-corrected chi connectivity index (χ0v) is 16.1. The smallest absolute Gasteiger partial charge is 0.288 e. The topological polar surface area (TPSA) is 35.6 Å². The second-order valence-electron chi connectivity index (χ2n) is 6.17. The molecular formula is C19H20ClF2N3OS. The van der Waals surface area contributed by atoms with Crippen LogP contribution in [0, 0.1) is 0 Å².